The molecule has 0 aromatic carbocycles. The van der Waals surface area contributed by atoms with Gasteiger partial charge >= 0.3 is 5.97 Å². The third kappa shape index (κ3) is 3.31. The second-order valence-electron chi connectivity index (χ2n) is 5.14. The number of furan rings is 1. The highest BCUT2D eigenvalue weighted by Crippen LogP contribution is 2.21. The van der Waals surface area contributed by atoms with Gasteiger partial charge in [0.15, 0.2) is 0 Å². The van der Waals surface area contributed by atoms with Crippen molar-refractivity contribution in [1.29, 1.82) is 0 Å². The highest BCUT2D eigenvalue weighted by molar-refractivity contribution is 5.87. The Hall–Kier alpha value is -1.33. The topological polar surface area (TPSA) is 82.7 Å². The Kier molecular flexibility index (Phi) is 3.64. The Morgan fingerprint density at radius 3 is 2.41 bits per heavy atom. The van der Waals surface area contributed by atoms with Crippen LogP contribution >= 0.6 is 0 Å². The van der Waals surface area contributed by atoms with Gasteiger partial charge in [0, 0.05) is 5.54 Å². The van der Waals surface area contributed by atoms with E-state index in [1.807, 2.05) is 13.8 Å². The molecule has 96 valence electrons. The van der Waals surface area contributed by atoms with Crippen LogP contribution < -0.4 is 5.32 Å². The maximum atomic E-state index is 10.7. The molecule has 0 radical (unpaired) electrons. The van der Waals surface area contributed by atoms with Crippen molar-refractivity contribution in [2.24, 2.45) is 0 Å². The van der Waals surface area contributed by atoms with Gasteiger partial charge in [0.05, 0.1) is 17.7 Å². The highest BCUT2D eigenvalue weighted by atomic mass is 16.4. The maximum Gasteiger partial charge on any atom is 0.338 e. The summed E-state index contributed by atoms with van der Waals surface area (Å²) in [5, 5.41) is 21.8. The van der Waals surface area contributed by atoms with E-state index in [2.05, 4.69) is 5.32 Å². The summed E-state index contributed by atoms with van der Waals surface area (Å²) in [5.74, 6) is -0.485. The molecule has 0 saturated heterocycles. The van der Waals surface area contributed by atoms with Crippen molar-refractivity contribution >= 4 is 5.97 Å². The summed E-state index contributed by atoms with van der Waals surface area (Å²) < 4.78 is 5.11. The molecular weight excluding hydrogens is 222 g/mol. The number of carbonyl (C=O) groups is 1. The summed E-state index contributed by atoms with van der Waals surface area (Å²) in [7, 11) is 0. The average molecular weight is 241 g/mol. The van der Waals surface area contributed by atoms with Crippen molar-refractivity contribution < 1.29 is 19.4 Å². The molecule has 5 heteroatoms. The zero-order valence-corrected chi connectivity index (χ0v) is 10.6. The van der Waals surface area contributed by atoms with E-state index < -0.39 is 17.1 Å². The lowest BCUT2D eigenvalue weighted by Crippen LogP contribution is -2.55. The first-order valence-electron chi connectivity index (χ1n) is 5.41. The van der Waals surface area contributed by atoms with Gasteiger partial charge < -0.3 is 19.9 Å². The Morgan fingerprint density at radius 1 is 1.41 bits per heavy atom. The first-order valence-corrected chi connectivity index (χ1v) is 5.41. The van der Waals surface area contributed by atoms with Crippen LogP contribution in [0.5, 0.6) is 0 Å². The van der Waals surface area contributed by atoms with E-state index in [1.54, 1.807) is 13.8 Å². The van der Waals surface area contributed by atoms with Crippen LogP contribution in [0, 0.1) is 0 Å². The van der Waals surface area contributed by atoms with Crippen LogP contribution in [-0.4, -0.2) is 27.3 Å². The number of carboxylic acid groups (broad SMARTS) is 1. The normalized spacial score (nSPS) is 12.8. The first kappa shape index (κ1) is 13.7. The molecule has 0 unspecified atom stereocenters. The van der Waals surface area contributed by atoms with Crippen molar-refractivity contribution in [3.05, 3.63) is 23.7 Å². The molecule has 3 N–H and O–H groups in total. The van der Waals surface area contributed by atoms with Crippen molar-refractivity contribution in [3.63, 3.8) is 0 Å². The zero-order chi connectivity index (χ0) is 13.3. The summed E-state index contributed by atoms with van der Waals surface area (Å²) in [6.45, 7) is 7.53. The molecule has 1 heterocycles. The molecule has 0 atom stereocenters. The standard InChI is InChI=1S/C12H19NO4/c1-11(2,12(3,4)16)13-6-9-5-8(7-17-9)10(14)15/h5,7,13,16H,6H2,1-4H3,(H,14,15). The van der Waals surface area contributed by atoms with Gasteiger partial charge in [-0.05, 0) is 33.8 Å². The molecule has 0 fully saturated rings. The van der Waals surface area contributed by atoms with E-state index in [-0.39, 0.29) is 5.56 Å². The molecular formula is C12H19NO4. The molecule has 1 aromatic rings. The monoisotopic (exact) mass is 241 g/mol. The molecule has 0 aliphatic carbocycles. The van der Waals surface area contributed by atoms with E-state index in [0.717, 1.165) is 0 Å². The number of aliphatic hydroxyl groups is 1. The van der Waals surface area contributed by atoms with Crippen LogP contribution in [0.2, 0.25) is 0 Å². The minimum Gasteiger partial charge on any atom is -0.478 e. The number of nitrogens with one attached hydrogen (secondary N) is 1. The number of hydrogen-bond acceptors (Lipinski definition) is 4. The predicted octanol–water partition coefficient (Wildman–Crippen LogP) is 1.62. The molecule has 0 aliphatic heterocycles. The van der Waals surface area contributed by atoms with Gasteiger partial charge in [-0.1, -0.05) is 0 Å². The minimum absolute atomic E-state index is 0.128. The Bertz CT molecular complexity index is 401. The molecule has 0 bridgehead atoms. The van der Waals surface area contributed by atoms with Crippen molar-refractivity contribution in [2.75, 3.05) is 0 Å². The molecule has 1 aromatic heterocycles. The number of hydrogen-bond donors (Lipinski definition) is 3. The van der Waals surface area contributed by atoms with Crippen LogP contribution in [0.3, 0.4) is 0 Å². The third-order valence-electron chi connectivity index (χ3n) is 3.13. The largest absolute Gasteiger partial charge is 0.478 e. The second kappa shape index (κ2) is 4.50. The van der Waals surface area contributed by atoms with E-state index in [0.29, 0.717) is 12.3 Å². The zero-order valence-electron chi connectivity index (χ0n) is 10.6. The van der Waals surface area contributed by atoms with Crippen molar-refractivity contribution in [3.8, 4) is 0 Å². The summed E-state index contributed by atoms with van der Waals surface area (Å²) in [6, 6.07) is 1.47. The molecule has 0 spiro atoms. The van der Waals surface area contributed by atoms with Crippen LogP contribution in [0.4, 0.5) is 0 Å². The lowest BCUT2D eigenvalue weighted by Gasteiger charge is -2.38. The molecule has 0 aliphatic rings. The molecule has 1 rings (SSSR count). The van der Waals surface area contributed by atoms with Gasteiger partial charge in [0.2, 0.25) is 0 Å². The molecule has 5 nitrogen and oxygen atoms in total. The maximum absolute atomic E-state index is 10.7. The second-order valence-corrected chi connectivity index (χ2v) is 5.14. The molecule has 17 heavy (non-hydrogen) atoms. The molecule has 0 amide bonds. The predicted molar refractivity (Wildman–Crippen MR) is 62.9 cm³/mol. The smallest absolute Gasteiger partial charge is 0.338 e. The van der Waals surface area contributed by atoms with Crippen LogP contribution in [0.25, 0.3) is 0 Å². The van der Waals surface area contributed by atoms with Crippen molar-refractivity contribution in [2.45, 2.75) is 45.4 Å². The minimum atomic E-state index is -1.01. The Morgan fingerprint density at radius 2 is 2.00 bits per heavy atom. The van der Waals surface area contributed by atoms with Gasteiger partial charge in [-0.25, -0.2) is 4.79 Å². The van der Waals surface area contributed by atoms with Crippen LogP contribution in [-0.2, 0) is 6.54 Å². The summed E-state index contributed by atoms with van der Waals surface area (Å²) in [4.78, 5) is 10.7. The fraction of sp³-hybridized carbons (Fsp3) is 0.583. The van der Waals surface area contributed by atoms with Crippen LogP contribution in [0.1, 0.15) is 43.8 Å². The number of rotatable bonds is 5. The first-order chi connectivity index (χ1) is 7.63. The van der Waals surface area contributed by atoms with Crippen LogP contribution in [0.15, 0.2) is 16.7 Å². The van der Waals surface area contributed by atoms with E-state index in [4.69, 9.17) is 9.52 Å². The summed E-state index contributed by atoms with van der Waals surface area (Å²) in [5.41, 5.74) is -1.28. The number of carboxylic acids is 1. The Balaban J connectivity index is 2.64. The van der Waals surface area contributed by atoms with Gasteiger partial charge in [-0.15, -0.1) is 0 Å². The van der Waals surface area contributed by atoms with E-state index >= 15 is 0 Å². The van der Waals surface area contributed by atoms with Gasteiger partial charge in [0.1, 0.15) is 12.0 Å². The van der Waals surface area contributed by atoms with E-state index in [9.17, 15) is 9.90 Å². The summed E-state index contributed by atoms with van der Waals surface area (Å²) in [6.07, 6.45) is 1.20. The number of aromatic carboxylic acids is 1. The summed E-state index contributed by atoms with van der Waals surface area (Å²) >= 11 is 0. The lowest BCUT2D eigenvalue weighted by molar-refractivity contribution is -0.00602. The fourth-order valence-corrected chi connectivity index (χ4v) is 1.11. The average Bonchev–Trinajstić information content (AvgIpc) is 2.61. The van der Waals surface area contributed by atoms with Gasteiger partial charge in [-0.2, -0.15) is 0 Å². The quantitative estimate of drug-likeness (QED) is 0.729. The Labute approximate surface area is 100 Å². The van der Waals surface area contributed by atoms with Crippen molar-refractivity contribution in [1.82, 2.24) is 5.32 Å². The van der Waals surface area contributed by atoms with Gasteiger partial charge in [0.25, 0.3) is 0 Å². The third-order valence-corrected chi connectivity index (χ3v) is 3.13. The highest BCUT2D eigenvalue weighted by Gasteiger charge is 2.34. The van der Waals surface area contributed by atoms with E-state index in [1.165, 1.54) is 12.3 Å². The SMILES string of the molecule is CC(C)(O)C(C)(C)NCc1cc(C(=O)O)co1. The fourth-order valence-electron chi connectivity index (χ4n) is 1.11. The molecule has 0 saturated carbocycles. The lowest BCUT2D eigenvalue weighted by atomic mass is 9.86. The van der Waals surface area contributed by atoms with Gasteiger partial charge in [-0.3, -0.25) is 0 Å².